The third-order valence-electron chi connectivity index (χ3n) is 3.64. The molecule has 0 bridgehead atoms. The van der Waals surface area contributed by atoms with Gasteiger partial charge in [-0.3, -0.25) is 4.79 Å². The van der Waals surface area contributed by atoms with Crippen LogP contribution in [0.15, 0.2) is 36.5 Å². The van der Waals surface area contributed by atoms with Crippen molar-refractivity contribution in [3.63, 3.8) is 0 Å². The molecule has 0 saturated carbocycles. The predicted molar refractivity (Wildman–Crippen MR) is 95.4 cm³/mol. The van der Waals surface area contributed by atoms with Gasteiger partial charge in [-0.1, -0.05) is 30.3 Å². The van der Waals surface area contributed by atoms with E-state index in [0.29, 0.717) is 10.9 Å². The van der Waals surface area contributed by atoms with Crippen LogP contribution in [0.4, 0.5) is 0 Å². The molecule has 1 unspecified atom stereocenters. The van der Waals surface area contributed by atoms with Gasteiger partial charge in [0.15, 0.2) is 0 Å². The molecule has 7 heteroatoms. The van der Waals surface area contributed by atoms with Gasteiger partial charge in [0.25, 0.3) is 5.91 Å². The van der Waals surface area contributed by atoms with Crippen molar-refractivity contribution in [3.05, 3.63) is 41.4 Å². The Hall–Kier alpha value is -1.14. The van der Waals surface area contributed by atoms with Crippen molar-refractivity contribution in [1.29, 1.82) is 0 Å². The van der Waals surface area contributed by atoms with E-state index in [2.05, 4.69) is 10.3 Å². The molecule has 1 atom stereocenters. The van der Waals surface area contributed by atoms with Gasteiger partial charge in [-0.15, -0.1) is 36.2 Å². The van der Waals surface area contributed by atoms with Crippen LogP contribution in [0.1, 0.15) is 16.1 Å². The second-order valence-corrected chi connectivity index (χ2v) is 5.99. The zero-order valence-electron chi connectivity index (χ0n) is 12.2. The van der Waals surface area contributed by atoms with E-state index in [1.807, 2.05) is 42.3 Å². The van der Waals surface area contributed by atoms with Crippen LogP contribution in [0.25, 0.3) is 10.6 Å². The first-order valence-corrected chi connectivity index (χ1v) is 7.56. The van der Waals surface area contributed by atoms with E-state index in [0.717, 1.165) is 30.1 Å². The third kappa shape index (κ3) is 3.98. The normalized spacial score (nSPS) is 16.5. The largest absolute Gasteiger partial charge is 0.337 e. The molecule has 2 aromatic rings. The smallest absolute Gasteiger partial charge is 0.265 e. The quantitative estimate of drug-likeness (QED) is 0.915. The molecule has 1 aliphatic rings. The molecular weight excluding hydrogens is 341 g/mol. The van der Waals surface area contributed by atoms with Crippen LogP contribution < -0.4 is 5.32 Å². The van der Waals surface area contributed by atoms with Gasteiger partial charge in [-0.05, 0) is 13.0 Å². The molecule has 1 aromatic heterocycles. The first-order chi connectivity index (χ1) is 9.75. The van der Waals surface area contributed by atoms with Crippen molar-refractivity contribution in [2.45, 2.75) is 12.5 Å². The summed E-state index contributed by atoms with van der Waals surface area (Å²) < 4.78 is 0. The van der Waals surface area contributed by atoms with Gasteiger partial charge < -0.3 is 10.2 Å². The van der Waals surface area contributed by atoms with E-state index >= 15 is 0 Å². The highest BCUT2D eigenvalue weighted by molar-refractivity contribution is 7.16. The summed E-state index contributed by atoms with van der Waals surface area (Å²) in [4.78, 5) is 19.4. The summed E-state index contributed by atoms with van der Waals surface area (Å²) in [5.74, 6) is 0.0679. The average Bonchev–Trinajstić information content (AvgIpc) is 3.18. The maximum atomic E-state index is 12.4. The minimum atomic E-state index is 0. The highest BCUT2D eigenvalue weighted by atomic mass is 35.5. The van der Waals surface area contributed by atoms with Crippen LogP contribution in [0.3, 0.4) is 0 Å². The Kier molecular flexibility index (Phi) is 7.29. The number of halogens is 2. The van der Waals surface area contributed by atoms with E-state index in [9.17, 15) is 4.79 Å². The lowest BCUT2D eigenvalue weighted by Crippen LogP contribution is -2.37. The lowest BCUT2D eigenvalue weighted by Gasteiger charge is -2.22. The van der Waals surface area contributed by atoms with Gasteiger partial charge in [-0.25, -0.2) is 4.98 Å². The van der Waals surface area contributed by atoms with Crippen LogP contribution in [0.2, 0.25) is 0 Å². The fourth-order valence-corrected chi connectivity index (χ4v) is 3.30. The standard InChI is InChI=1S/C15H17N3OS.2ClH/c1-18(12-7-8-16-9-12)15(19)13-10-17-14(20-13)11-5-3-2-4-6-11;;/h2-6,10,12,16H,7-9H2,1H3;2*1H. The van der Waals surface area contributed by atoms with E-state index in [1.165, 1.54) is 11.3 Å². The number of carbonyl (C=O) groups excluding carboxylic acids is 1. The van der Waals surface area contributed by atoms with Crippen molar-refractivity contribution in [1.82, 2.24) is 15.2 Å². The molecule has 2 heterocycles. The van der Waals surface area contributed by atoms with E-state index in [1.54, 1.807) is 6.20 Å². The van der Waals surface area contributed by atoms with Gasteiger partial charge in [0.2, 0.25) is 0 Å². The number of carbonyl (C=O) groups is 1. The Morgan fingerprint density at radius 2 is 2.05 bits per heavy atom. The molecule has 1 fully saturated rings. The Balaban J connectivity index is 0.00000121. The second kappa shape index (κ2) is 8.48. The molecule has 22 heavy (non-hydrogen) atoms. The van der Waals surface area contributed by atoms with Gasteiger partial charge in [0.05, 0.1) is 6.20 Å². The lowest BCUT2D eigenvalue weighted by molar-refractivity contribution is 0.0748. The molecule has 120 valence electrons. The summed E-state index contributed by atoms with van der Waals surface area (Å²) in [7, 11) is 1.88. The van der Waals surface area contributed by atoms with Crippen molar-refractivity contribution >= 4 is 42.1 Å². The summed E-state index contributed by atoms with van der Waals surface area (Å²) in [5, 5.41) is 4.18. The van der Waals surface area contributed by atoms with E-state index < -0.39 is 0 Å². The van der Waals surface area contributed by atoms with Crippen molar-refractivity contribution < 1.29 is 4.79 Å². The van der Waals surface area contributed by atoms with Crippen LogP contribution >= 0.6 is 36.2 Å². The number of hydrogen-bond donors (Lipinski definition) is 1. The minimum absolute atomic E-state index is 0. The lowest BCUT2D eigenvalue weighted by atomic mass is 10.2. The highest BCUT2D eigenvalue weighted by Gasteiger charge is 2.25. The molecule has 3 rings (SSSR count). The number of hydrogen-bond acceptors (Lipinski definition) is 4. The summed E-state index contributed by atoms with van der Waals surface area (Å²) in [6.07, 6.45) is 2.71. The van der Waals surface area contributed by atoms with Crippen LogP contribution in [-0.2, 0) is 0 Å². The fraction of sp³-hybridized carbons (Fsp3) is 0.333. The Morgan fingerprint density at radius 1 is 1.32 bits per heavy atom. The predicted octanol–water partition coefficient (Wildman–Crippen LogP) is 3.09. The maximum absolute atomic E-state index is 12.4. The maximum Gasteiger partial charge on any atom is 0.265 e. The van der Waals surface area contributed by atoms with Crippen molar-refractivity contribution in [2.24, 2.45) is 0 Å². The summed E-state index contributed by atoms with van der Waals surface area (Å²) in [5.41, 5.74) is 1.06. The zero-order valence-corrected chi connectivity index (χ0v) is 14.6. The van der Waals surface area contributed by atoms with Gasteiger partial charge in [0, 0.05) is 25.2 Å². The van der Waals surface area contributed by atoms with Crippen LogP contribution in [-0.4, -0.2) is 42.0 Å². The highest BCUT2D eigenvalue weighted by Crippen LogP contribution is 2.26. The Bertz CT molecular complexity index is 600. The topological polar surface area (TPSA) is 45.2 Å². The van der Waals surface area contributed by atoms with Crippen LogP contribution in [0.5, 0.6) is 0 Å². The van der Waals surface area contributed by atoms with E-state index in [-0.39, 0.29) is 30.7 Å². The van der Waals surface area contributed by atoms with Crippen LogP contribution in [0, 0.1) is 0 Å². The first kappa shape index (κ1) is 18.9. The molecule has 0 spiro atoms. The van der Waals surface area contributed by atoms with E-state index in [4.69, 9.17) is 0 Å². The number of aromatic nitrogens is 1. The molecule has 0 radical (unpaired) electrons. The monoisotopic (exact) mass is 359 g/mol. The molecule has 1 aromatic carbocycles. The number of nitrogens with zero attached hydrogens (tertiary/aromatic N) is 2. The second-order valence-electron chi connectivity index (χ2n) is 4.96. The minimum Gasteiger partial charge on any atom is -0.337 e. The number of rotatable bonds is 3. The summed E-state index contributed by atoms with van der Waals surface area (Å²) >= 11 is 1.46. The fourth-order valence-electron chi connectivity index (χ4n) is 2.40. The number of amides is 1. The summed E-state index contributed by atoms with van der Waals surface area (Å²) in [6, 6.07) is 10.3. The molecule has 0 aliphatic carbocycles. The number of nitrogens with one attached hydrogen (secondary N) is 1. The molecule has 4 nitrogen and oxygen atoms in total. The van der Waals surface area contributed by atoms with Gasteiger partial charge in [0.1, 0.15) is 9.88 Å². The number of thiazole rings is 1. The molecular formula is C15H19Cl2N3OS. The zero-order chi connectivity index (χ0) is 13.9. The van der Waals surface area contributed by atoms with Crippen molar-refractivity contribution in [3.8, 4) is 10.6 Å². The van der Waals surface area contributed by atoms with Gasteiger partial charge >= 0.3 is 0 Å². The SMILES string of the molecule is CN(C(=O)c1cnc(-c2ccccc2)s1)C1CCNC1.Cl.Cl. The third-order valence-corrected chi connectivity index (χ3v) is 4.67. The first-order valence-electron chi connectivity index (χ1n) is 6.75. The molecule has 1 aliphatic heterocycles. The number of benzene rings is 1. The van der Waals surface area contributed by atoms with Gasteiger partial charge in [-0.2, -0.15) is 0 Å². The average molecular weight is 360 g/mol. The Morgan fingerprint density at radius 3 is 2.68 bits per heavy atom. The molecule has 1 N–H and O–H groups in total. The van der Waals surface area contributed by atoms with Crippen molar-refractivity contribution in [2.75, 3.05) is 20.1 Å². The molecule has 1 saturated heterocycles. The summed E-state index contributed by atoms with van der Waals surface area (Å²) in [6.45, 7) is 1.87. The Labute approximate surface area is 146 Å². The number of likely N-dealkylation sites (N-methyl/N-ethyl adjacent to an activating group) is 1. The molecule has 1 amide bonds.